The zero-order valence-electron chi connectivity index (χ0n) is 20.8. The van der Waals surface area contributed by atoms with E-state index in [1.165, 1.54) is 5.56 Å². The molecule has 0 bridgehead atoms. The number of likely N-dealkylation sites (tertiary alicyclic amines) is 1. The van der Waals surface area contributed by atoms with Gasteiger partial charge in [0.15, 0.2) is 0 Å². The molecule has 35 heavy (non-hydrogen) atoms. The largest absolute Gasteiger partial charge is 0.497 e. The number of halogens is 3. The quantitative estimate of drug-likeness (QED) is 0.377. The van der Waals surface area contributed by atoms with Crippen molar-refractivity contribution < 1.29 is 14.3 Å². The van der Waals surface area contributed by atoms with Crippen LogP contribution in [0, 0.1) is 11.8 Å². The van der Waals surface area contributed by atoms with E-state index in [4.69, 9.17) is 32.7 Å². The minimum Gasteiger partial charge on any atom is -0.497 e. The number of benzene rings is 2. The molecule has 2 amide bonds. The lowest BCUT2D eigenvalue weighted by Gasteiger charge is -2.35. The molecule has 1 aliphatic heterocycles. The first kappa shape index (κ1) is 29.4. The van der Waals surface area contributed by atoms with Gasteiger partial charge < -0.3 is 25.0 Å². The number of methoxy groups -OCH3 is 2. The fourth-order valence-electron chi connectivity index (χ4n) is 4.29. The summed E-state index contributed by atoms with van der Waals surface area (Å²) in [5.74, 6) is 2.18. The average Bonchev–Trinajstić information content (AvgIpc) is 2.81. The Labute approximate surface area is 225 Å². The SMILES string of the molecule is COc1cc(NC(=O)NC(CN2CCC(Cc3ccc(Cl)c(Cl)c3)CC2)C(C)C)cc(OC)c1.Cl. The van der Waals surface area contributed by atoms with Crippen molar-refractivity contribution in [2.24, 2.45) is 11.8 Å². The van der Waals surface area contributed by atoms with Crippen molar-refractivity contribution in [3.63, 3.8) is 0 Å². The molecule has 6 nitrogen and oxygen atoms in total. The van der Waals surface area contributed by atoms with Gasteiger partial charge in [0.1, 0.15) is 11.5 Å². The van der Waals surface area contributed by atoms with Gasteiger partial charge in [-0.2, -0.15) is 0 Å². The van der Waals surface area contributed by atoms with E-state index in [2.05, 4.69) is 35.4 Å². The zero-order chi connectivity index (χ0) is 24.7. The summed E-state index contributed by atoms with van der Waals surface area (Å²) < 4.78 is 10.6. The number of piperidine rings is 1. The van der Waals surface area contributed by atoms with Crippen LogP contribution in [0.3, 0.4) is 0 Å². The van der Waals surface area contributed by atoms with Crippen LogP contribution < -0.4 is 20.1 Å². The maximum Gasteiger partial charge on any atom is 0.319 e. The maximum absolute atomic E-state index is 12.7. The smallest absolute Gasteiger partial charge is 0.319 e. The summed E-state index contributed by atoms with van der Waals surface area (Å²) in [4.78, 5) is 15.2. The molecule has 1 atom stereocenters. The molecule has 1 unspecified atom stereocenters. The Morgan fingerprint density at radius 3 is 2.20 bits per heavy atom. The van der Waals surface area contributed by atoms with E-state index < -0.39 is 0 Å². The first-order valence-electron chi connectivity index (χ1n) is 11.7. The number of urea groups is 1. The molecular weight excluding hydrogens is 509 g/mol. The number of carbonyl (C=O) groups excluding carboxylic acids is 1. The molecule has 0 radical (unpaired) electrons. The molecule has 9 heteroatoms. The first-order valence-corrected chi connectivity index (χ1v) is 12.5. The number of nitrogens with zero attached hydrogens (tertiary/aromatic N) is 1. The second kappa shape index (κ2) is 14.0. The molecule has 1 saturated heterocycles. The van der Waals surface area contributed by atoms with E-state index >= 15 is 0 Å². The Bertz CT molecular complexity index is 944. The van der Waals surface area contributed by atoms with Crippen LogP contribution in [0.15, 0.2) is 36.4 Å². The molecule has 0 spiro atoms. The minimum atomic E-state index is -0.233. The molecule has 2 N–H and O–H groups in total. The lowest BCUT2D eigenvalue weighted by molar-refractivity contribution is 0.157. The maximum atomic E-state index is 12.7. The van der Waals surface area contributed by atoms with E-state index in [0.29, 0.717) is 39.1 Å². The monoisotopic (exact) mass is 543 g/mol. The molecule has 0 saturated carbocycles. The molecular formula is C26H36Cl3N3O3. The fraction of sp³-hybridized carbons (Fsp3) is 0.500. The topological polar surface area (TPSA) is 62.8 Å². The van der Waals surface area contributed by atoms with Crippen LogP contribution in [-0.4, -0.2) is 50.8 Å². The van der Waals surface area contributed by atoms with Crippen molar-refractivity contribution in [3.8, 4) is 11.5 Å². The minimum absolute atomic E-state index is 0. The highest BCUT2D eigenvalue weighted by Crippen LogP contribution is 2.28. The summed E-state index contributed by atoms with van der Waals surface area (Å²) >= 11 is 12.2. The van der Waals surface area contributed by atoms with Crippen LogP contribution in [0.4, 0.5) is 10.5 Å². The van der Waals surface area contributed by atoms with Crippen molar-refractivity contribution in [3.05, 3.63) is 52.0 Å². The molecule has 1 aliphatic rings. The van der Waals surface area contributed by atoms with Crippen LogP contribution in [0.2, 0.25) is 10.0 Å². The summed E-state index contributed by atoms with van der Waals surface area (Å²) in [5.41, 5.74) is 1.86. The highest BCUT2D eigenvalue weighted by Gasteiger charge is 2.24. The van der Waals surface area contributed by atoms with Crippen molar-refractivity contribution in [1.82, 2.24) is 10.2 Å². The number of hydrogen-bond donors (Lipinski definition) is 2. The van der Waals surface area contributed by atoms with Crippen molar-refractivity contribution >= 4 is 47.3 Å². The third-order valence-electron chi connectivity index (χ3n) is 6.40. The van der Waals surface area contributed by atoms with E-state index in [1.807, 2.05) is 12.1 Å². The highest BCUT2D eigenvalue weighted by molar-refractivity contribution is 6.42. The summed E-state index contributed by atoms with van der Waals surface area (Å²) in [7, 11) is 3.17. The number of amides is 2. The van der Waals surface area contributed by atoms with Crippen molar-refractivity contribution in [2.75, 3.05) is 39.2 Å². The van der Waals surface area contributed by atoms with Crippen LogP contribution >= 0.6 is 35.6 Å². The molecule has 0 aliphatic carbocycles. The van der Waals surface area contributed by atoms with E-state index in [9.17, 15) is 4.79 Å². The van der Waals surface area contributed by atoms with Crippen LogP contribution in [0.5, 0.6) is 11.5 Å². The fourth-order valence-corrected chi connectivity index (χ4v) is 4.61. The number of nitrogens with one attached hydrogen (secondary N) is 2. The Morgan fingerprint density at radius 1 is 1.03 bits per heavy atom. The van der Waals surface area contributed by atoms with Gasteiger partial charge in [-0.1, -0.05) is 43.1 Å². The van der Waals surface area contributed by atoms with Gasteiger partial charge in [0.25, 0.3) is 0 Å². The average molecular weight is 545 g/mol. The summed E-state index contributed by atoms with van der Waals surface area (Å²) in [6, 6.07) is 11.0. The van der Waals surface area contributed by atoms with Gasteiger partial charge in [-0.3, -0.25) is 0 Å². The number of ether oxygens (including phenoxy) is 2. The second-order valence-electron chi connectivity index (χ2n) is 9.25. The Balaban J connectivity index is 0.00000432. The van der Waals surface area contributed by atoms with E-state index in [-0.39, 0.29) is 24.5 Å². The predicted molar refractivity (Wildman–Crippen MR) is 147 cm³/mol. The van der Waals surface area contributed by atoms with Gasteiger partial charge in [-0.25, -0.2) is 4.79 Å². The van der Waals surface area contributed by atoms with Crippen LogP contribution in [0.1, 0.15) is 32.3 Å². The Morgan fingerprint density at radius 2 is 1.66 bits per heavy atom. The molecule has 0 aromatic heterocycles. The Hall–Kier alpha value is -1.86. The predicted octanol–water partition coefficient (Wildman–Crippen LogP) is 6.53. The van der Waals surface area contributed by atoms with E-state index in [0.717, 1.165) is 38.9 Å². The highest BCUT2D eigenvalue weighted by atomic mass is 35.5. The molecule has 194 valence electrons. The molecule has 1 heterocycles. The lowest BCUT2D eigenvalue weighted by Crippen LogP contribution is -2.49. The normalized spacial score (nSPS) is 15.3. The molecule has 1 fully saturated rings. The van der Waals surface area contributed by atoms with Crippen LogP contribution in [-0.2, 0) is 6.42 Å². The van der Waals surface area contributed by atoms with Gasteiger partial charge in [-0.15, -0.1) is 12.4 Å². The summed E-state index contributed by atoms with van der Waals surface area (Å²) in [5, 5.41) is 7.28. The van der Waals surface area contributed by atoms with Crippen molar-refractivity contribution in [1.29, 1.82) is 0 Å². The molecule has 2 aromatic carbocycles. The second-order valence-corrected chi connectivity index (χ2v) is 10.1. The van der Waals surface area contributed by atoms with E-state index in [1.54, 1.807) is 32.4 Å². The summed E-state index contributed by atoms with van der Waals surface area (Å²) in [6.45, 7) is 7.14. The zero-order valence-corrected chi connectivity index (χ0v) is 23.1. The number of carbonyl (C=O) groups is 1. The van der Waals surface area contributed by atoms with Crippen molar-refractivity contribution in [2.45, 2.75) is 39.2 Å². The molecule has 2 aromatic rings. The van der Waals surface area contributed by atoms with Gasteiger partial charge >= 0.3 is 6.03 Å². The Kier molecular flexibility index (Phi) is 11.8. The van der Waals surface area contributed by atoms with Gasteiger partial charge in [-0.05, 0) is 61.9 Å². The van der Waals surface area contributed by atoms with Gasteiger partial charge in [0.2, 0.25) is 0 Å². The molecule has 3 rings (SSSR count). The first-order chi connectivity index (χ1) is 16.3. The number of hydrogen-bond acceptors (Lipinski definition) is 4. The van der Waals surface area contributed by atoms with Gasteiger partial charge in [0.05, 0.1) is 24.3 Å². The van der Waals surface area contributed by atoms with Gasteiger partial charge in [0, 0.05) is 36.5 Å². The third kappa shape index (κ3) is 8.94. The summed E-state index contributed by atoms with van der Waals surface area (Å²) in [6.07, 6.45) is 3.27. The number of anilines is 1. The standard InChI is InChI=1S/C26H35Cl2N3O3.ClH/c1-17(2)25(30-26(32)29-20-13-21(33-3)15-22(14-20)34-4)16-31-9-7-18(8-10-31)11-19-5-6-23(27)24(28)12-19;/h5-6,12-15,17-18,25H,7-11,16H2,1-4H3,(H2,29,30,32);1H. The van der Waals surface area contributed by atoms with Crippen LogP contribution in [0.25, 0.3) is 0 Å². The number of rotatable bonds is 9. The lowest BCUT2D eigenvalue weighted by atomic mass is 9.89. The third-order valence-corrected chi connectivity index (χ3v) is 7.14.